The van der Waals surface area contributed by atoms with Crippen molar-refractivity contribution in [2.75, 3.05) is 20.2 Å². The lowest BCUT2D eigenvalue weighted by atomic mass is 9.85. The molecule has 1 aromatic heterocycles. The van der Waals surface area contributed by atoms with Crippen molar-refractivity contribution in [3.63, 3.8) is 0 Å². The molecule has 0 bridgehead atoms. The highest BCUT2D eigenvalue weighted by molar-refractivity contribution is 5.24. The first-order chi connectivity index (χ1) is 8.61. The van der Waals surface area contributed by atoms with Crippen molar-refractivity contribution in [2.45, 2.75) is 46.2 Å². The molecule has 1 heterocycles. The number of nitrogens with zero attached hydrogens (tertiary/aromatic N) is 3. The van der Waals surface area contributed by atoms with Gasteiger partial charge in [-0.2, -0.15) is 5.10 Å². The first-order valence-corrected chi connectivity index (χ1v) is 6.94. The average molecular weight is 251 g/mol. The molecule has 1 N–H and O–H groups in total. The normalized spacial score (nSPS) is 16.3. The van der Waals surface area contributed by atoms with E-state index in [2.05, 4.69) is 30.9 Å². The number of aliphatic hydroxyl groups excluding tert-OH is 1. The first-order valence-electron chi connectivity index (χ1n) is 6.94. The van der Waals surface area contributed by atoms with Gasteiger partial charge in [0.2, 0.25) is 0 Å². The molecule has 4 heteroatoms. The number of aromatic nitrogens is 2. The molecule has 0 spiro atoms. The van der Waals surface area contributed by atoms with Gasteiger partial charge in [-0.15, -0.1) is 0 Å². The number of aryl methyl sites for hydroxylation is 1. The lowest BCUT2D eigenvalue weighted by Crippen LogP contribution is -2.29. The van der Waals surface area contributed by atoms with Crippen molar-refractivity contribution in [1.29, 1.82) is 0 Å². The van der Waals surface area contributed by atoms with E-state index < -0.39 is 0 Å². The van der Waals surface area contributed by atoms with Crippen molar-refractivity contribution >= 4 is 0 Å². The van der Waals surface area contributed by atoms with Gasteiger partial charge in [-0.05, 0) is 39.7 Å². The van der Waals surface area contributed by atoms with Crippen LogP contribution in [0.1, 0.15) is 36.2 Å². The third-order valence-electron chi connectivity index (χ3n) is 4.07. The van der Waals surface area contributed by atoms with E-state index in [0.717, 1.165) is 18.2 Å². The van der Waals surface area contributed by atoms with E-state index in [1.54, 1.807) is 0 Å². The molecule has 0 unspecified atom stereocenters. The van der Waals surface area contributed by atoms with Crippen LogP contribution < -0.4 is 0 Å². The second-order valence-corrected chi connectivity index (χ2v) is 5.59. The Bertz CT molecular complexity index is 396. The second-order valence-electron chi connectivity index (χ2n) is 5.59. The molecule has 4 nitrogen and oxygen atoms in total. The van der Waals surface area contributed by atoms with Crippen LogP contribution in [0.2, 0.25) is 0 Å². The fourth-order valence-corrected chi connectivity index (χ4v) is 2.73. The summed E-state index contributed by atoms with van der Waals surface area (Å²) in [6.45, 7) is 7.08. The van der Waals surface area contributed by atoms with Crippen LogP contribution in [0.4, 0.5) is 0 Å². The quantitative estimate of drug-likeness (QED) is 0.837. The number of hydrogen-bond acceptors (Lipinski definition) is 3. The second kappa shape index (κ2) is 5.85. The summed E-state index contributed by atoms with van der Waals surface area (Å²) in [6.07, 6.45) is 4.20. The lowest BCUT2D eigenvalue weighted by molar-refractivity contribution is 0.200. The van der Waals surface area contributed by atoms with E-state index in [1.165, 1.54) is 37.1 Å². The van der Waals surface area contributed by atoms with Crippen LogP contribution in [0.25, 0.3) is 0 Å². The molecular formula is C14H25N3O. The molecule has 0 aliphatic heterocycles. The zero-order valence-corrected chi connectivity index (χ0v) is 11.8. The zero-order chi connectivity index (χ0) is 13.1. The van der Waals surface area contributed by atoms with Gasteiger partial charge in [-0.25, -0.2) is 0 Å². The summed E-state index contributed by atoms with van der Waals surface area (Å²) < 4.78 is 1.92. The molecule has 18 heavy (non-hydrogen) atoms. The molecule has 2 rings (SSSR count). The monoisotopic (exact) mass is 251 g/mol. The van der Waals surface area contributed by atoms with Crippen LogP contribution in [-0.4, -0.2) is 40.0 Å². The fourth-order valence-electron chi connectivity index (χ4n) is 2.73. The highest BCUT2D eigenvalue weighted by Crippen LogP contribution is 2.27. The fraction of sp³-hybridized carbons (Fsp3) is 0.786. The maximum atomic E-state index is 9.01. The van der Waals surface area contributed by atoms with Crippen LogP contribution in [0.3, 0.4) is 0 Å². The molecule has 1 aliphatic carbocycles. The van der Waals surface area contributed by atoms with Crippen molar-refractivity contribution in [3.8, 4) is 0 Å². The SMILES string of the molecule is Cc1nn(CCO)c(C)c1CN(C)CC1CCC1. The van der Waals surface area contributed by atoms with Crippen LogP contribution >= 0.6 is 0 Å². The minimum absolute atomic E-state index is 0.152. The Morgan fingerprint density at radius 3 is 2.67 bits per heavy atom. The van der Waals surface area contributed by atoms with Crippen molar-refractivity contribution in [2.24, 2.45) is 5.92 Å². The highest BCUT2D eigenvalue weighted by Gasteiger charge is 2.20. The van der Waals surface area contributed by atoms with Gasteiger partial charge in [0.1, 0.15) is 0 Å². The average Bonchev–Trinajstić information content (AvgIpc) is 2.52. The first kappa shape index (κ1) is 13.6. The van der Waals surface area contributed by atoms with Crippen LogP contribution in [-0.2, 0) is 13.1 Å². The summed E-state index contributed by atoms with van der Waals surface area (Å²) >= 11 is 0. The summed E-state index contributed by atoms with van der Waals surface area (Å²) in [4.78, 5) is 2.41. The van der Waals surface area contributed by atoms with Crippen molar-refractivity contribution in [3.05, 3.63) is 17.0 Å². The highest BCUT2D eigenvalue weighted by atomic mass is 16.3. The van der Waals surface area contributed by atoms with E-state index in [4.69, 9.17) is 5.11 Å². The Kier molecular flexibility index (Phi) is 4.40. The number of hydrogen-bond donors (Lipinski definition) is 1. The zero-order valence-electron chi connectivity index (χ0n) is 11.8. The predicted molar refractivity (Wildman–Crippen MR) is 72.5 cm³/mol. The van der Waals surface area contributed by atoms with E-state index in [1.807, 2.05) is 4.68 Å². The molecule has 0 saturated heterocycles. The largest absolute Gasteiger partial charge is 0.394 e. The molecule has 0 atom stereocenters. The van der Waals surface area contributed by atoms with E-state index in [-0.39, 0.29) is 6.61 Å². The van der Waals surface area contributed by atoms with Crippen LogP contribution in [0.5, 0.6) is 0 Å². The van der Waals surface area contributed by atoms with E-state index in [9.17, 15) is 0 Å². The van der Waals surface area contributed by atoms with Gasteiger partial charge in [-0.3, -0.25) is 4.68 Å². The number of rotatable bonds is 6. The topological polar surface area (TPSA) is 41.3 Å². The third kappa shape index (κ3) is 2.93. The smallest absolute Gasteiger partial charge is 0.0644 e. The summed E-state index contributed by atoms with van der Waals surface area (Å²) in [5.74, 6) is 0.906. The standard InChI is InChI=1S/C14H25N3O/c1-11-14(12(2)17(15-11)7-8-18)10-16(3)9-13-5-4-6-13/h13,18H,4-10H2,1-3H3. The van der Waals surface area contributed by atoms with Gasteiger partial charge >= 0.3 is 0 Å². The Morgan fingerprint density at radius 1 is 1.39 bits per heavy atom. The Hall–Kier alpha value is -0.870. The summed E-state index contributed by atoms with van der Waals surface area (Å²) in [6, 6.07) is 0. The number of aliphatic hydroxyl groups is 1. The molecule has 1 fully saturated rings. The Labute approximate surface area is 110 Å². The van der Waals surface area contributed by atoms with Gasteiger partial charge in [0.05, 0.1) is 18.8 Å². The van der Waals surface area contributed by atoms with E-state index >= 15 is 0 Å². The van der Waals surface area contributed by atoms with Crippen molar-refractivity contribution < 1.29 is 5.11 Å². The molecule has 0 aromatic carbocycles. The van der Waals surface area contributed by atoms with Gasteiger partial charge < -0.3 is 10.0 Å². The van der Waals surface area contributed by atoms with Gasteiger partial charge in [0.25, 0.3) is 0 Å². The molecular weight excluding hydrogens is 226 g/mol. The van der Waals surface area contributed by atoms with Crippen LogP contribution in [0, 0.1) is 19.8 Å². The minimum atomic E-state index is 0.152. The summed E-state index contributed by atoms with van der Waals surface area (Å²) in [5.41, 5.74) is 3.62. The Morgan fingerprint density at radius 2 is 2.11 bits per heavy atom. The van der Waals surface area contributed by atoms with Gasteiger partial charge in [0, 0.05) is 24.3 Å². The van der Waals surface area contributed by atoms with Crippen LogP contribution in [0.15, 0.2) is 0 Å². The predicted octanol–water partition coefficient (Wildman–Crippen LogP) is 1.72. The summed E-state index contributed by atoms with van der Waals surface area (Å²) in [5, 5.41) is 13.5. The van der Waals surface area contributed by atoms with E-state index in [0.29, 0.717) is 6.54 Å². The lowest BCUT2D eigenvalue weighted by Gasteiger charge is -2.30. The molecule has 1 aliphatic rings. The summed E-state index contributed by atoms with van der Waals surface area (Å²) in [7, 11) is 2.20. The maximum Gasteiger partial charge on any atom is 0.0644 e. The third-order valence-corrected chi connectivity index (χ3v) is 4.07. The van der Waals surface area contributed by atoms with Gasteiger partial charge in [0.15, 0.2) is 0 Å². The molecule has 0 amide bonds. The maximum absolute atomic E-state index is 9.01. The van der Waals surface area contributed by atoms with Gasteiger partial charge in [-0.1, -0.05) is 6.42 Å². The Balaban J connectivity index is 1.98. The molecule has 1 aromatic rings. The minimum Gasteiger partial charge on any atom is -0.394 e. The van der Waals surface area contributed by atoms with Crippen molar-refractivity contribution in [1.82, 2.24) is 14.7 Å². The molecule has 1 saturated carbocycles. The molecule has 102 valence electrons. The molecule has 0 radical (unpaired) electrons.